The second kappa shape index (κ2) is 8.77. The molecule has 1 unspecified atom stereocenters. The summed E-state index contributed by atoms with van der Waals surface area (Å²) >= 11 is 0. The van der Waals surface area contributed by atoms with Gasteiger partial charge in [-0.1, -0.05) is 72.8 Å². The molecule has 0 saturated carbocycles. The van der Waals surface area contributed by atoms with E-state index >= 15 is 0 Å². The fourth-order valence-corrected chi connectivity index (χ4v) is 7.86. The smallest absolute Gasteiger partial charge is 0.146 e. The summed E-state index contributed by atoms with van der Waals surface area (Å²) in [5.41, 5.74) is 10.7. The Kier molecular flexibility index (Phi) is 4.63. The first kappa shape index (κ1) is 24.3. The van der Waals surface area contributed by atoms with Crippen molar-refractivity contribution in [3.8, 4) is 11.4 Å². The molecule has 5 heteroatoms. The van der Waals surface area contributed by atoms with E-state index in [1.807, 2.05) is 18.2 Å². The van der Waals surface area contributed by atoms with Gasteiger partial charge in [0, 0.05) is 50.3 Å². The van der Waals surface area contributed by atoms with Crippen molar-refractivity contribution < 1.29 is 9.15 Å². The summed E-state index contributed by atoms with van der Waals surface area (Å²) in [6, 6.07) is 42.7. The second-order valence-electron chi connectivity index (χ2n) is 12.3. The van der Waals surface area contributed by atoms with Gasteiger partial charge >= 0.3 is 0 Å². The van der Waals surface area contributed by atoms with E-state index in [1.165, 1.54) is 16.6 Å². The quantitative estimate of drug-likeness (QED) is 0.201. The number of furan rings is 1. The van der Waals surface area contributed by atoms with Crippen LogP contribution >= 0.6 is 0 Å². The Balaban J connectivity index is 1.18. The highest BCUT2D eigenvalue weighted by Gasteiger charge is 2.33. The molecule has 9 aromatic rings. The van der Waals surface area contributed by atoms with E-state index in [2.05, 4.69) is 124 Å². The van der Waals surface area contributed by atoms with E-state index in [9.17, 15) is 0 Å². The van der Waals surface area contributed by atoms with Gasteiger partial charge < -0.3 is 13.7 Å². The van der Waals surface area contributed by atoms with Gasteiger partial charge in [-0.3, -0.25) is 4.57 Å². The highest BCUT2D eigenvalue weighted by atomic mass is 16.5. The van der Waals surface area contributed by atoms with Gasteiger partial charge in [0.15, 0.2) is 0 Å². The minimum atomic E-state index is 0.201. The summed E-state index contributed by atoms with van der Waals surface area (Å²) in [4.78, 5) is 5.53. The Hall–Kier alpha value is -6.07. The van der Waals surface area contributed by atoms with Gasteiger partial charge in [0.05, 0.1) is 28.0 Å². The fraction of sp³-hybridized carbons (Fsp3) is 0.0488. The van der Waals surface area contributed by atoms with Crippen molar-refractivity contribution in [3.05, 3.63) is 145 Å². The maximum absolute atomic E-state index is 6.23. The van der Waals surface area contributed by atoms with Crippen molar-refractivity contribution in [1.29, 1.82) is 0 Å². The van der Waals surface area contributed by atoms with Crippen molar-refractivity contribution in [2.24, 2.45) is 0 Å². The Morgan fingerprint density at radius 3 is 2.24 bits per heavy atom. The Morgan fingerprint density at radius 2 is 1.33 bits per heavy atom. The van der Waals surface area contributed by atoms with Crippen LogP contribution in [-0.4, -0.2) is 14.1 Å². The number of pyridine rings is 1. The van der Waals surface area contributed by atoms with Crippen LogP contribution in [0.25, 0.3) is 77.2 Å². The lowest BCUT2D eigenvalue weighted by atomic mass is 9.90. The van der Waals surface area contributed by atoms with Crippen LogP contribution in [-0.2, 0) is 0 Å². The first-order chi connectivity index (χ1) is 22.8. The third kappa shape index (κ3) is 3.16. The number of fused-ring (bicyclic) bond motifs is 12. The van der Waals surface area contributed by atoms with Crippen molar-refractivity contribution in [2.75, 3.05) is 0 Å². The van der Waals surface area contributed by atoms with E-state index in [1.54, 1.807) is 0 Å². The first-order valence-electron chi connectivity index (χ1n) is 15.7. The van der Waals surface area contributed by atoms with E-state index in [4.69, 9.17) is 14.1 Å². The summed E-state index contributed by atoms with van der Waals surface area (Å²) in [5, 5.41) is 5.70. The predicted molar refractivity (Wildman–Crippen MR) is 186 cm³/mol. The summed E-state index contributed by atoms with van der Waals surface area (Å²) in [6.07, 6.45) is 5.20. The molecule has 0 spiro atoms. The van der Waals surface area contributed by atoms with Crippen molar-refractivity contribution >= 4 is 71.5 Å². The molecular formula is C41H25N3O2. The summed E-state index contributed by atoms with van der Waals surface area (Å²) in [7, 11) is 0. The molecule has 0 amide bonds. The minimum absolute atomic E-state index is 0.201. The predicted octanol–water partition coefficient (Wildman–Crippen LogP) is 10.5. The number of ether oxygens (including phenoxy) is 1. The SMILES string of the molecule is C1=C2Oc3ccccc3C2CC(n2c3ccccc3c3cc4c(nc32)c2ccccc2n4-c2ccc3oc4ccccc4c3c2)=C1. The first-order valence-corrected chi connectivity index (χ1v) is 15.7. The zero-order valence-electron chi connectivity index (χ0n) is 24.6. The molecule has 0 fully saturated rings. The lowest BCUT2D eigenvalue weighted by Crippen LogP contribution is -2.09. The number of allylic oxidation sites excluding steroid dienone is 4. The van der Waals surface area contributed by atoms with Gasteiger partial charge in [-0.05, 0) is 60.7 Å². The van der Waals surface area contributed by atoms with Gasteiger partial charge in [0.2, 0.25) is 0 Å². The van der Waals surface area contributed by atoms with Crippen molar-refractivity contribution in [3.63, 3.8) is 0 Å². The molecule has 46 heavy (non-hydrogen) atoms. The van der Waals surface area contributed by atoms with Crippen LogP contribution in [0, 0.1) is 0 Å². The lowest BCUT2D eigenvalue weighted by Gasteiger charge is -2.20. The number of hydrogen-bond donors (Lipinski definition) is 0. The molecule has 1 atom stereocenters. The highest BCUT2D eigenvalue weighted by molar-refractivity contribution is 6.16. The summed E-state index contributed by atoms with van der Waals surface area (Å²) in [6.45, 7) is 0. The van der Waals surface area contributed by atoms with E-state index < -0.39 is 0 Å². The van der Waals surface area contributed by atoms with Crippen LogP contribution in [0.1, 0.15) is 17.9 Å². The lowest BCUT2D eigenvalue weighted by molar-refractivity contribution is 0.425. The Bertz CT molecular complexity index is 2830. The number of benzene rings is 5. The van der Waals surface area contributed by atoms with Gasteiger partial charge in [0.25, 0.3) is 0 Å². The van der Waals surface area contributed by atoms with Gasteiger partial charge in [0.1, 0.15) is 28.3 Å². The van der Waals surface area contributed by atoms with Gasteiger partial charge in [-0.25, -0.2) is 4.98 Å². The number of rotatable bonds is 2. The molecule has 5 nitrogen and oxygen atoms in total. The minimum Gasteiger partial charge on any atom is -0.461 e. The van der Waals surface area contributed by atoms with Crippen molar-refractivity contribution in [1.82, 2.24) is 14.1 Å². The molecule has 2 aliphatic rings. The molecule has 5 heterocycles. The molecule has 0 bridgehead atoms. The third-order valence-corrected chi connectivity index (χ3v) is 9.89. The number of hydrogen-bond acceptors (Lipinski definition) is 3. The number of para-hydroxylation sites is 4. The normalized spacial score (nSPS) is 16.0. The molecule has 0 saturated heterocycles. The number of nitrogens with zero attached hydrogens (tertiary/aromatic N) is 3. The van der Waals surface area contributed by atoms with Crippen molar-refractivity contribution in [2.45, 2.75) is 12.3 Å². The molecule has 4 aromatic heterocycles. The molecule has 0 radical (unpaired) electrons. The monoisotopic (exact) mass is 591 g/mol. The van der Waals surface area contributed by atoms with Crippen LogP contribution in [0.2, 0.25) is 0 Å². The van der Waals surface area contributed by atoms with E-state index in [-0.39, 0.29) is 5.92 Å². The van der Waals surface area contributed by atoms with E-state index in [0.29, 0.717) is 0 Å². The van der Waals surface area contributed by atoms with Gasteiger partial charge in [-0.15, -0.1) is 0 Å². The maximum atomic E-state index is 6.23. The maximum Gasteiger partial charge on any atom is 0.146 e. The zero-order chi connectivity index (χ0) is 29.9. The summed E-state index contributed by atoms with van der Waals surface area (Å²) < 4.78 is 17.1. The van der Waals surface area contributed by atoms with Crippen LogP contribution in [0.4, 0.5) is 0 Å². The fourth-order valence-electron chi connectivity index (χ4n) is 7.86. The molecular weight excluding hydrogens is 566 g/mol. The largest absolute Gasteiger partial charge is 0.461 e. The number of aromatic nitrogens is 3. The average Bonchev–Trinajstić information content (AvgIpc) is 3.84. The Labute approximate surface area is 262 Å². The van der Waals surface area contributed by atoms with Crippen LogP contribution in [0.15, 0.2) is 144 Å². The zero-order valence-corrected chi connectivity index (χ0v) is 24.6. The highest BCUT2D eigenvalue weighted by Crippen LogP contribution is 2.48. The molecule has 1 aliphatic heterocycles. The molecule has 1 aliphatic carbocycles. The van der Waals surface area contributed by atoms with E-state index in [0.717, 1.165) is 84.0 Å². The second-order valence-corrected chi connectivity index (χ2v) is 12.3. The molecule has 0 N–H and O–H groups in total. The van der Waals surface area contributed by atoms with Crippen LogP contribution in [0.3, 0.4) is 0 Å². The third-order valence-electron chi connectivity index (χ3n) is 9.89. The van der Waals surface area contributed by atoms with Crippen LogP contribution < -0.4 is 4.74 Å². The summed E-state index contributed by atoms with van der Waals surface area (Å²) in [5.74, 6) is 2.18. The molecule has 216 valence electrons. The Morgan fingerprint density at radius 1 is 0.587 bits per heavy atom. The standard InChI is InChI=1S/C41H25N3O2/c1-5-13-33-26(9-1)32-23-35-40(42-41(32)44(33)25-18-20-39-31(22-25)28-11-4-8-16-37(28)46-39)29-12-2-6-14-34(29)43(35)24-17-19-38-30(21-24)27-10-3-7-15-36(27)45-38/h1-21,23,31H,22H2. The topological polar surface area (TPSA) is 45.1 Å². The molecule has 5 aromatic carbocycles. The van der Waals surface area contributed by atoms with Gasteiger partial charge in [-0.2, -0.15) is 0 Å². The van der Waals surface area contributed by atoms with Crippen LogP contribution in [0.5, 0.6) is 5.75 Å². The average molecular weight is 592 g/mol. The molecule has 11 rings (SSSR count).